The van der Waals surface area contributed by atoms with Gasteiger partial charge in [0.2, 0.25) is 0 Å². The highest BCUT2D eigenvalue weighted by atomic mass is 15.1. The SMILES string of the molecule is CC.Cc1ccc2c(c1)CN(C(C)C)CC2. The molecule has 1 aliphatic heterocycles. The van der Waals surface area contributed by atoms with Crippen molar-refractivity contribution in [2.24, 2.45) is 0 Å². The quantitative estimate of drug-likeness (QED) is 0.694. The van der Waals surface area contributed by atoms with Crippen LogP contribution in [0, 0.1) is 6.92 Å². The Balaban J connectivity index is 0.000000606. The lowest BCUT2D eigenvalue weighted by Crippen LogP contribution is -2.35. The van der Waals surface area contributed by atoms with E-state index in [9.17, 15) is 0 Å². The van der Waals surface area contributed by atoms with Crippen molar-refractivity contribution in [3.63, 3.8) is 0 Å². The zero-order valence-corrected chi connectivity index (χ0v) is 11.4. The van der Waals surface area contributed by atoms with Gasteiger partial charge in [-0.2, -0.15) is 0 Å². The molecule has 0 saturated heterocycles. The first-order valence-electron chi connectivity index (χ1n) is 6.49. The summed E-state index contributed by atoms with van der Waals surface area (Å²) in [6.07, 6.45) is 1.22. The Morgan fingerprint density at radius 3 is 2.44 bits per heavy atom. The molecule has 90 valence electrons. The Labute approximate surface area is 100 Å². The molecule has 2 rings (SSSR count). The summed E-state index contributed by atoms with van der Waals surface area (Å²) in [6.45, 7) is 13.1. The predicted octanol–water partition coefficient (Wildman–Crippen LogP) is 3.79. The zero-order valence-electron chi connectivity index (χ0n) is 11.4. The van der Waals surface area contributed by atoms with E-state index < -0.39 is 0 Å². The molecule has 1 aromatic rings. The van der Waals surface area contributed by atoms with E-state index >= 15 is 0 Å². The van der Waals surface area contributed by atoms with Crippen LogP contribution in [-0.2, 0) is 13.0 Å². The standard InChI is InChI=1S/C13H19N.C2H6/c1-10(2)14-7-6-12-5-4-11(3)8-13(12)9-14;1-2/h4-5,8,10H,6-7,9H2,1-3H3;1-2H3. The number of nitrogens with zero attached hydrogens (tertiary/aromatic N) is 1. The molecule has 1 heterocycles. The number of fused-ring (bicyclic) bond motifs is 1. The van der Waals surface area contributed by atoms with Gasteiger partial charge >= 0.3 is 0 Å². The average Bonchev–Trinajstić information content (AvgIpc) is 2.30. The molecule has 0 unspecified atom stereocenters. The normalized spacial score (nSPS) is 15.4. The third-order valence-corrected chi connectivity index (χ3v) is 3.13. The molecular formula is C15H25N. The smallest absolute Gasteiger partial charge is 0.0239 e. The summed E-state index contributed by atoms with van der Waals surface area (Å²) in [4.78, 5) is 2.54. The first-order chi connectivity index (χ1) is 7.66. The Hall–Kier alpha value is -0.820. The molecule has 0 atom stereocenters. The third-order valence-electron chi connectivity index (χ3n) is 3.13. The van der Waals surface area contributed by atoms with Gasteiger partial charge in [0.25, 0.3) is 0 Å². The molecule has 0 saturated carbocycles. The van der Waals surface area contributed by atoms with Crippen LogP contribution in [0.3, 0.4) is 0 Å². The highest BCUT2D eigenvalue weighted by Crippen LogP contribution is 2.21. The van der Waals surface area contributed by atoms with Crippen molar-refractivity contribution in [1.29, 1.82) is 0 Å². The van der Waals surface area contributed by atoms with Crippen LogP contribution in [0.4, 0.5) is 0 Å². The first kappa shape index (κ1) is 13.2. The maximum Gasteiger partial charge on any atom is 0.0239 e. The van der Waals surface area contributed by atoms with Gasteiger partial charge in [-0.05, 0) is 38.3 Å². The molecule has 1 aromatic carbocycles. The molecule has 1 nitrogen and oxygen atoms in total. The molecule has 0 aromatic heterocycles. The summed E-state index contributed by atoms with van der Waals surface area (Å²) < 4.78 is 0. The number of hydrogen-bond acceptors (Lipinski definition) is 1. The van der Waals surface area contributed by atoms with Crippen molar-refractivity contribution in [2.75, 3.05) is 6.54 Å². The van der Waals surface area contributed by atoms with E-state index in [2.05, 4.69) is 43.9 Å². The fraction of sp³-hybridized carbons (Fsp3) is 0.600. The second kappa shape index (κ2) is 6.05. The minimum atomic E-state index is 0.670. The summed E-state index contributed by atoms with van der Waals surface area (Å²) in [5, 5.41) is 0. The lowest BCUT2D eigenvalue weighted by molar-refractivity contribution is 0.203. The van der Waals surface area contributed by atoms with Crippen molar-refractivity contribution in [3.05, 3.63) is 34.9 Å². The van der Waals surface area contributed by atoms with E-state index in [0.717, 1.165) is 6.54 Å². The maximum atomic E-state index is 2.54. The van der Waals surface area contributed by atoms with Gasteiger partial charge in [0.05, 0.1) is 0 Å². The fourth-order valence-corrected chi connectivity index (χ4v) is 2.15. The second-order valence-corrected chi connectivity index (χ2v) is 4.59. The van der Waals surface area contributed by atoms with Crippen LogP contribution < -0.4 is 0 Å². The molecule has 1 heteroatoms. The predicted molar refractivity (Wildman–Crippen MR) is 71.8 cm³/mol. The summed E-state index contributed by atoms with van der Waals surface area (Å²) >= 11 is 0. The maximum absolute atomic E-state index is 2.54. The van der Waals surface area contributed by atoms with Crippen LogP contribution in [0.15, 0.2) is 18.2 Å². The van der Waals surface area contributed by atoms with Crippen molar-refractivity contribution in [1.82, 2.24) is 4.90 Å². The molecule has 0 N–H and O–H groups in total. The van der Waals surface area contributed by atoms with Crippen molar-refractivity contribution in [3.8, 4) is 0 Å². The molecule has 16 heavy (non-hydrogen) atoms. The molecule has 0 spiro atoms. The molecule has 0 fully saturated rings. The van der Waals surface area contributed by atoms with E-state index in [4.69, 9.17) is 0 Å². The van der Waals surface area contributed by atoms with Crippen molar-refractivity contribution < 1.29 is 0 Å². The Bertz CT molecular complexity index is 328. The average molecular weight is 219 g/mol. The molecule has 0 bridgehead atoms. The molecular weight excluding hydrogens is 194 g/mol. The number of aryl methyl sites for hydroxylation is 1. The Morgan fingerprint density at radius 2 is 1.81 bits per heavy atom. The minimum Gasteiger partial charge on any atom is -0.296 e. The van der Waals surface area contributed by atoms with E-state index in [1.807, 2.05) is 13.8 Å². The Morgan fingerprint density at radius 1 is 1.12 bits per heavy atom. The molecule has 1 aliphatic rings. The van der Waals surface area contributed by atoms with Crippen LogP contribution in [0.25, 0.3) is 0 Å². The summed E-state index contributed by atoms with van der Waals surface area (Å²) in [7, 11) is 0. The fourth-order valence-electron chi connectivity index (χ4n) is 2.15. The van der Waals surface area contributed by atoms with Gasteiger partial charge in [0, 0.05) is 19.1 Å². The highest BCUT2D eigenvalue weighted by molar-refractivity contribution is 5.33. The minimum absolute atomic E-state index is 0.670. The van der Waals surface area contributed by atoms with Gasteiger partial charge in [-0.25, -0.2) is 0 Å². The van der Waals surface area contributed by atoms with E-state index in [0.29, 0.717) is 6.04 Å². The number of rotatable bonds is 1. The van der Waals surface area contributed by atoms with E-state index in [-0.39, 0.29) is 0 Å². The van der Waals surface area contributed by atoms with Gasteiger partial charge in [-0.3, -0.25) is 4.90 Å². The molecule has 0 radical (unpaired) electrons. The second-order valence-electron chi connectivity index (χ2n) is 4.59. The van der Waals surface area contributed by atoms with E-state index in [1.54, 1.807) is 5.56 Å². The van der Waals surface area contributed by atoms with Crippen molar-refractivity contribution in [2.45, 2.75) is 53.6 Å². The first-order valence-corrected chi connectivity index (χ1v) is 6.49. The van der Waals surface area contributed by atoms with Crippen LogP contribution in [0.1, 0.15) is 44.4 Å². The number of benzene rings is 1. The zero-order chi connectivity index (χ0) is 12.1. The van der Waals surface area contributed by atoms with Crippen molar-refractivity contribution >= 4 is 0 Å². The highest BCUT2D eigenvalue weighted by Gasteiger charge is 2.17. The third kappa shape index (κ3) is 3.08. The lowest BCUT2D eigenvalue weighted by Gasteiger charge is -2.32. The van der Waals surface area contributed by atoms with E-state index in [1.165, 1.54) is 24.1 Å². The van der Waals surface area contributed by atoms with Crippen LogP contribution in [0.2, 0.25) is 0 Å². The topological polar surface area (TPSA) is 3.24 Å². The number of hydrogen-bond donors (Lipinski definition) is 0. The summed E-state index contributed by atoms with van der Waals surface area (Å²) in [6, 6.07) is 7.53. The lowest BCUT2D eigenvalue weighted by atomic mass is 9.97. The Kier molecular flexibility index (Phi) is 5.01. The largest absolute Gasteiger partial charge is 0.296 e. The van der Waals surface area contributed by atoms with Gasteiger partial charge < -0.3 is 0 Å². The van der Waals surface area contributed by atoms with Crippen LogP contribution in [-0.4, -0.2) is 17.5 Å². The van der Waals surface area contributed by atoms with Gasteiger partial charge in [-0.1, -0.05) is 37.6 Å². The molecule has 0 aliphatic carbocycles. The van der Waals surface area contributed by atoms with Gasteiger partial charge in [0.15, 0.2) is 0 Å². The van der Waals surface area contributed by atoms with Crippen LogP contribution in [0.5, 0.6) is 0 Å². The van der Waals surface area contributed by atoms with Crippen LogP contribution >= 0.6 is 0 Å². The summed E-state index contributed by atoms with van der Waals surface area (Å²) in [5.74, 6) is 0. The van der Waals surface area contributed by atoms with Gasteiger partial charge in [0.1, 0.15) is 0 Å². The van der Waals surface area contributed by atoms with Gasteiger partial charge in [-0.15, -0.1) is 0 Å². The summed E-state index contributed by atoms with van der Waals surface area (Å²) in [5.41, 5.74) is 4.46. The monoisotopic (exact) mass is 219 g/mol. The molecule has 0 amide bonds.